The summed E-state index contributed by atoms with van der Waals surface area (Å²) in [6, 6.07) is 5.78. The fourth-order valence-electron chi connectivity index (χ4n) is 2.68. The first-order valence-corrected chi connectivity index (χ1v) is 7.19. The molecule has 0 radical (unpaired) electrons. The number of alkyl halides is 3. The predicted octanol–water partition coefficient (Wildman–Crippen LogP) is 2.22. The molecule has 5 nitrogen and oxygen atoms in total. The predicted molar refractivity (Wildman–Crippen MR) is 77.1 cm³/mol. The van der Waals surface area contributed by atoms with Crippen molar-refractivity contribution >= 4 is 5.97 Å². The molecular formula is C15H19F3N2O3. The molecule has 0 amide bonds. The van der Waals surface area contributed by atoms with Crippen molar-refractivity contribution in [3.63, 3.8) is 0 Å². The summed E-state index contributed by atoms with van der Waals surface area (Å²) in [7, 11) is 0. The molecule has 0 aromatic heterocycles. The summed E-state index contributed by atoms with van der Waals surface area (Å²) in [5.74, 6) is -1.14. The lowest BCUT2D eigenvalue weighted by molar-refractivity contribution is -0.274. The Morgan fingerprint density at radius 3 is 2.61 bits per heavy atom. The number of benzene rings is 1. The van der Waals surface area contributed by atoms with Crippen LogP contribution in [0, 0.1) is 0 Å². The molecule has 1 aliphatic rings. The molecule has 2 rings (SSSR count). The summed E-state index contributed by atoms with van der Waals surface area (Å²) in [5, 5.41) is 11.7. The van der Waals surface area contributed by atoms with E-state index < -0.39 is 12.3 Å². The Kier molecular flexibility index (Phi) is 5.16. The van der Waals surface area contributed by atoms with Crippen molar-refractivity contribution in [1.82, 2.24) is 10.2 Å². The molecule has 1 atom stereocenters. The van der Waals surface area contributed by atoms with Gasteiger partial charge in [-0.05, 0) is 31.0 Å². The minimum Gasteiger partial charge on any atom is -0.480 e. The molecule has 0 saturated carbocycles. The summed E-state index contributed by atoms with van der Waals surface area (Å²) in [4.78, 5) is 12.8. The number of carboxylic acids is 1. The van der Waals surface area contributed by atoms with Gasteiger partial charge in [-0.15, -0.1) is 13.2 Å². The van der Waals surface area contributed by atoms with Gasteiger partial charge in [0.25, 0.3) is 0 Å². The molecule has 0 spiro atoms. The lowest BCUT2D eigenvalue weighted by Gasteiger charge is -2.25. The molecule has 23 heavy (non-hydrogen) atoms. The highest BCUT2D eigenvalue weighted by Crippen LogP contribution is 2.25. The van der Waals surface area contributed by atoms with Crippen LogP contribution in [-0.4, -0.2) is 47.5 Å². The van der Waals surface area contributed by atoms with E-state index in [4.69, 9.17) is 5.11 Å². The van der Waals surface area contributed by atoms with Crippen molar-refractivity contribution in [2.45, 2.75) is 31.8 Å². The Bertz CT molecular complexity index is 548. The van der Waals surface area contributed by atoms with Crippen LogP contribution in [0.4, 0.5) is 13.2 Å². The third-order valence-corrected chi connectivity index (χ3v) is 3.78. The molecule has 1 aromatic carbocycles. The Labute approximate surface area is 132 Å². The maximum atomic E-state index is 12.1. The van der Waals surface area contributed by atoms with Crippen molar-refractivity contribution in [2.24, 2.45) is 0 Å². The maximum Gasteiger partial charge on any atom is 0.573 e. The van der Waals surface area contributed by atoms with Crippen molar-refractivity contribution in [3.05, 3.63) is 29.8 Å². The van der Waals surface area contributed by atoms with E-state index in [9.17, 15) is 18.0 Å². The molecule has 1 fully saturated rings. The third-order valence-electron chi connectivity index (χ3n) is 3.78. The Morgan fingerprint density at radius 1 is 1.39 bits per heavy atom. The van der Waals surface area contributed by atoms with Crippen LogP contribution in [0.25, 0.3) is 0 Å². The number of carbonyl (C=O) groups is 1. The van der Waals surface area contributed by atoms with Crippen LogP contribution >= 0.6 is 0 Å². The minimum atomic E-state index is -4.69. The Balaban J connectivity index is 1.87. The summed E-state index contributed by atoms with van der Waals surface area (Å²) in [6.45, 7) is 3.95. The highest BCUT2D eigenvalue weighted by Gasteiger charge is 2.34. The molecule has 1 aliphatic heterocycles. The first-order chi connectivity index (χ1) is 10.7. The summed E-state index contributed by atoms with van der Waals surface area (Å²) in [6.07, 6.45) is -3.87. The van der Waals surface area contributed by atoms with E-state index in [2.05, 4.69) is 15.0 Å². The second-order valence-electron chi connectivity index (χ2n) is 5.96. The number of halogens is 3. The van der Waals surface area contributed by atoms with Crippen molar-refractivity contribution in [1.29, 1.82) is 0 Å². The fraction of sp³-hybridized carbons (Fsp3) is 0.533. The number of likely N-dealkylation sites (tertiary alicyclic amines) is 1. The fourth-order valence-corrected chi connectivity index (χ4v) is 2.68. The van der Waals surface area contributed by atoms with Gasteiger partial charge in [0.15, 0.2) is 0 Å². The smallest absolute Gasteiger partial charge is 0.480 e. The summed E-state index contributed by atoms with van der Waals surface area (Å²) >= 11 is 0. The summed E-state index contributed by atoms with van der Waals surface area (Å²) in [5.41, 5.74) is 0.611. The monoisotopic (exact) mass is 332 g/mol. The zero-order valence-corrected chi connectivity index (χ0v) is 12.7. The Morgan fingerprint density at radius 2 is 2.04 bits per heavy atom. The van der Waals surface area contributed by atoms with Gasteiger partial charge in [0.1, 0.15) is 5.75 Å². The van der Waals surface area contributed by atoms with Gasteiger partial charge < -0.3 is 15.2 Å². The largest absolute Gasteiger partial charge is 0.573 e. The zero-order chi connectivity index (χ0) is 17.1. The molecule has 1 unspecified atom stereocenters. The number of hydrogen-bond acceptors (Lipinski definition) is 4. The highest BCUT2D eigenvalue weighted by atomic mass is 19.4. The normalized spacial score (nSPS) is 22.3. The van der Waals surface area contributed by atoms with Crippen molar-refractivity contribution in [3.8, 4) is 5.75 Å². The van der Waals surface area contributed by atoms with Crippen LogP contribution < -0.4 is 10.1 Å². The standard InChI is InChI=1S/C15H19F3N2O3/c1-14(19-8-13(21)22)6-7-20(10-14)9-11-2-4-12(5-3-11)23-15(16,17)18/h2-5,19H,6-10H2,1H3,(H,21,22). The van der Waals surface area contributed by atoms with Gasteiger partial charge in [-0.2, -0.15) is 0 Å². The first kappa shape index (κ1) is 17.6. The molecule has 128 valence electrons. The van der Waals surface area contributed by atoms with E-state index in [-0.39, 0.29) is 17.8 Å². The van der Waals surface area contributed by atoms with Crippen molar-refractivity contribution in [2.75, 3.05) is 19.6 Å². The molecule has 0 bridgehead atoms. The lowest BCUT2D eigenvalue weighted by Crippen LogP contribution is -2.46. The molecule has 1 aromatic rings. The van der Waals surface area contributed by atoms with Crippen LogP contribution in [0.3, 0.4) is 0 Å². The second kappa shape index (κ2) is 6.76. The van der Waals surface area contributed by atoms with E-state index in [1.165, 1.54) is 12.1 Å². The second-order valence-corrected chi connectivity index (χ2v) is 5.96. The quantitative estimate of drug-likeness (QED) is 0.836. The molecule has 1 heterocycles. The summed E-state index contributed by atoms with van der Waals surface area (Å²) < 4.78 is 40.1. The Hall–Kier alpha value is -1.80. The van der Waals surface area contributed by atoms with Gasteiger partial charge in [-0.25, -0.2) is 0 Å². The van der Waals surface area contributed by atoms with Gasteiger partial charge in [0.05, 0.1) is 6.54 Å². The third kappa shape index (κ3) is 5.72. The van der Waals surface area contributed by atoms with E-state index in [0.29, 0.717) is 13.1 Å². The minimum absolute atomic E-state index is 0.0895. The number of aliphatic carboxylic acids is 1. The number of nitrogens with one attached hydrogen (secondary N) is 1. The van der Waals surface area contributed by atoms with Crippen molar-refractivity contribution < 1.29 is 27.8 Å². The van der Waals surface area contributed by atoms with Crippen LogP contribution in [-0.2, 0) is 11.3 Å². The first-order valence-electron chi connectivity index (χ1n) is 7.19. The number of hydrogen-bond donors (Lipinski definition) is 2. The number of ether oxygens (including phenoxy) is 1. The number of carboxylic acid groups (broad SMARTS) is 1. The van der Waals surface area contributed by atoms with Gasteiger partial charge in [-0.1, -0.05) is 12.1 Å². The van der Waals surface area contributed by atoms with Crippen LogP contribution in [0.2, 0.25) is 0 Å². The topological polar surface area (TPSA) is 61.8 Å². The van der Waals surface area contributed by atoms with Gasteiger partial charge >= 0.3 is 12.3 Å². The average Bonchev–Trinajstić information content (AvgIpc) is 2.79. The van der Waals surface area contributed by atoms with Crippen LogP contribution in [0.1, 0.15) is 18.9 Å². The molecule has 8 heteroatoms. The average molecular weight is 332 g/mol. The number of nitrogens with zero attached hydrogens (tertiary/aromatic N) is 1. The molecule has 0 aliphatic carbocycles. The van der Waals surface area contributed by atoms with E-state index >= 15 is 0 Å². The van der Waals surface area contributed by atoms with Crippen LogP contribution in [0.15, 0.2) is 24.3 Å². The zero-order valence-electron chi connectivity index (χ0n) is 12.7. The van der Waals surface area contributed by atoms with Gasteiger partial charge in [-0.3, -0.25) is 9.69 Å². The van der Waals surface area contributed by atoms with E-state index in [1.807, 2.05) is 6.92 Å². The van der Waals surface area contributed by atoms with E-state index in [1.54, 1.807) is 12.1 Å². The highest BCUT2D eigenvalue weighted by molar-refractivity contribution is 5.69. The molecule has 2 N–H and O–H groups in total. The molecular weight excluding hydrogens is 313 g/mol. The van der Waals surface area contributed by atoms with Gasteiger partial charge in [0.2, 0.25) is 0 Å². The van der Waals surface area contributed by atoms with Gasteiger partial charge in [0, 0.05) is 25.2 Å². The molecule has 1 saturated heterocycles. The van der Waals surface area contributed by atoms with Crippen LogP contribution in [0.5, 0.6) is 5.75 Å². The lowest BCUT2D eigenvalue weighted by atomic mass is 10.0. The van der Waals surface area contributed by atoms with E-state index in [0.717, 1.165) is 18.5 Å². The SMILES string of the molecule is CC1(NCC(=O)O)CCN(Cc2ccc(OC(F)(F)F)cc2)C1. The number of rotatable bonds is 6. The maximum absolute atomic E-state index is 12.1.